The van der Waals surface area contributed by atoms with Gasteiger partial charge in [-0.1, -0.05) is 75.4 Å². The average Bonchev–Trinajstić information content (AvgIpc) is 2.71. The lowest BCUT2D eigenvalue weighted by Gasteiger charge is -2.29. The van der Waals surface area contributed by atoms with Crippen molar-refractivity contribution < 1.29 is 12.8 Å². The molecule has 0 spiro atoms. The zero-order valence-corrected chi connectivity index (χ0v) is 19.3. The zero-order valence-electron chi connectivity index (χ0n) is 17.4. The number of benzene rings is 2. The van der Waals surface area contributed by atoms with Gasteiger partial charge in [-0.15, -0.1) is 0 Å². The summed E-state index contributed by atoms with van der Waals surface area (Å²) < 4.78 is 31.7. The van der Waals surface area contributed by atoms with Gasteiger partial charge in [0.15, 0.2) is 23.0 Å². The molecule has 0 bridgehead atoms. The van der Waals surface area contributed by atoms with Crippen LogP contribution in [0.1, 0.15) is 37.5 Å². The Hall–Kier alpha value is -1.47. The molecular formula is C22H33NO3SSi. The topological polar surface area (TPSA) is 69.4 Å². The molecule has 0 amide bonds. The molecule has 0 aromatic heterocycles. The first-order chi connectivity index (χ1) is 13.2. The lowest BCUT2D eigenvalue weighted by Crippen LogP contribution is -2.45. The predicted molar refractivity (Wildman–Crippen MR) is 120 cm³/mol. The van der Waals surface area contributed by atoms with E-state index in [4.69, 9.17) is 10.2 Å². The zero-order chi connectivity index (χ0) is 20.8. The van der Waals surface area contributed by atoms with Gasteiger partial charge in [-0.3, -0.25) is 0 Å². The van der Waals surface area contributed by atoms with E-state index in [-0.39, 0.29) is 0 Å². The highest BCUT2D eigenvalue weighted by atomic mass is 32.2. The first-order valence-electron chi connectivity index (χ1n) is 9.99. The van der Waals surface area contributed by atoms with Crippen LogP contribution in [-0.4, -0.2) is 29.6 Å². The van der Waals surface area contributed by atoms with Crippen LogP contribution in [0.3, 0.4) is 0 Å². The molecule has 28 heavy (non-hydrogen) atoms. The molecule has 6 heteroatoms. The quantitative estimate of drug-likeness (QED) is 0.577. The Morgan fingerprint density at radius 2 is 1.50 bits per heavy atom. The molecule has 4 nitrogen and oxygen atoms in total. The molecule has 2 N–H and O–H groups in total. The highest BCUT2D eigenvalue weighted by molar-refractivity contribution is 7.91. The average molecular weight is 420 g/mol. The minimum Gasteiger partial charge on any atom is -0.416 e. The second kappa shape index (κ2) is 9.35. The molecule has 0 heterocycles. The van der Waals surface area contributed by atoms with Gasteiger partial charge in [0.2, 0.25) is 0 Å². The maximum atomic E-state index is 12.7. The van der Waals surface area contributed by atoms with E-state index in [1.165, 1.54) is 6.26 Å². The third kappa shape index (κ3) is 4.74. The fourth-order valence-corrected chi connectivity index (χ4v) is 7.45. The van der Waals surface area contributed by atoms with Crippen molar-refractivity contribution in [2.24, 2.45) is 5.73 Å². The van der Waals surface area contributed by atoms with E-state index in [2.05, 4.69) is 20.8 Å². The summed E-state index contributed by atoms with van der Waals surface area (Å²) in [5.41, 5.74) is 8.73. The minimum absolute atomic E-state index is 0.570. The van der Waals surface area contributed by atoms with Crippen molar-refractivity contribution in [3.63, 3.8) is 0 Å². The standard InChI is InChI=1S/C22H33NO3SSi/c1-5-28(6-2,7-3)26-17-16-19-12-11-15-21(18-19)22(23,27(4,24)25)20-13-9-8-10-14-20/h8-15,18H,5-7,16-17,23H2,1-4H3/t22-/m1/s1. The highest BCUT2D eigenvalue weighted by Crippen LogP contribution is 2.32. The summed E-state index contributed by atoms with van der Waals surface area (Å²) in [4.78, 5) is -1.57. The molecule has 2 aromatic rings. The number of rotatable bonds is 10. The largest absolute Gasteiger partial charge is 0.416 e. The summed E-state index contributed by atoms with van der Waals surface area (Å²) in [6, 6.07) is 19.9. The van der Waals surface area contributed by atoms with E-state index in [9.17, 15) is 8.42 Å². The van der Waals surface area contributed by atoms with Gasteiger partial charge in [-0.25, -0.2) is 8.42 Å². The van der Waals surface area contributed by atoms with E-state index < -0.39 is 23.0 Å². The van der Waals surface area contributed by atoms with Crippen LogP contribution < -0.4 is 5.73 Å². The maximum Gasteiger partial charge on any atom is 0.191 e. The Bertz CT molecular complexity index is 858. The van der Waals surface area contributed by atoms with Crippen molar-refractivity contribution in [3.8, 4) is 0 Å². The minimum atomic E-state index is -3.59. The molecule has 1 atom stereocenters. The van der Waals surface area contributed by atoms with E-state index in [1.807, 2.05) is 36.4 Å². The normalized spacial score (nSPS) is 14.6. The van der Waals surface area contributed by atoms with Crippen molar-refractivity contribution in [2.75, 3.05) is 12.9 Å². The van der Waals surface area contributed by atoms with Gasteiger partial charge in [-0.05, 0) is 41.2 Å². The van der Waals surface area contributed by atoms with Crippen LogP contribution in [0, 0.1) is 0 Å². The molecule has 0 saturated heterocycles. The Morgan fingerprint density at radius 1 is 0.929 bits per heavy atom. The van der Waals surface area contributed by atoms with Crippen molar-refractivity contribution in [3.05, 3.63) is 71.3 Å². The monoisotopic (exact) mass is 419 g/mol. The van der Waals surface area contributed by atoms with Crippen LogP contribution in [0.15, 0.2) is 54.6 Å². The Kier molecular flexibility index (Phi) is 7.62. The molecule has 154 valence electrons. The third-order valence-corrected chi connectivity index (χ3v) is 12.2. The Labute approximate surface area is 171 Å². The van der Waals surface area contributed by atoms with Gasteiger partial charge in [0.05, 0.1) is 0 Å². The van der Waals surface area contributed by atoms with Gasteiger partial charge in [0, 0.05) is 12.9 Å². The molecule has 0 aliphatic carbocycles. The molecule has 0 radical (unpaired) electrons. The van der Waals surface area contributed by atoms with Crippen LogP contribution in [-0.2, 0) is 25.6 Å². The van der Waals surface area contributed by atoms with Gasteiger partial charge in [0.1, 0.15) is 0 Å². The molecule has 0 fully saturated rings. The first-order valence-corrected chi connectivity index (χ1v) is 14.4. The Balaban J connectivity index is 2.30. The van der Waals surface area contributed by atoms with Crippen LogP contribution in [0.4, 0.5) is 0 Å². The van der Waals surface area contributed by atoms with Gasteiger partial charge < -0.3 is 10.2 Å². The van der Waals surface area contributed by atoms with Crippen molar-refractivity contribution in [2.45, 2.75) is 50.2 Å². The van der Waals surface area contributed by atoms with E-state index in [0.29, 0.717) is 17.7 Å². The van der Waals surface area contributed by atoms with Crippen LogP contribution >= 0.6 is 0 Å². The molecule has 2 rings (SSSR count). The number of sulfone groups is 1. The van der Waals surface area contributed by atoms with Gasteiger partial charge in [-0.2, -0.15) is 0 Å². The van der Waals surface area contributed by atoms with E-state index >= 15 is 0 Å². The van der Waals surface area contributed by atoms with E-state index in [0.717, 1.165) is 30.1 Å². The molecule has 0 saturated carbocycles. The molecular weight excluding hydrogens is 386 g/mol. The molecule has 0 aliphatic heterocycles. The number of nitrogens with two attached hydrogens (primary N) is 1. The summed E-state index contributed by atoms with van der Waals surface area (Å²) in [7, 11) is -5.21. The fourth-order valence-electron chi connectivity index (χ4n) is 3.68. The smallest absolute Gasteiger partial charge is 0.191 e. The first kappa shape index (κ1) is 22.8. The van der Waals surface area contributed by atoms with Gasteiger partial charge in [0.25, 0.3) is 0 Å². The Morgan fingerprint density at radius 3 is 2.04 bits per heavy atom. The van der Waals surface area contributed by atoms with Crippen LogP contribution in [0.25, 0.3) is 0 Å². The van der Waals surface area contributed by atoms with E-state index in [1.54, 1.807) is 18.2 Å². The summed E-state index contributed by atoms with van der Waals surface area (Å²) in [6.07, 6.45) is 1.94. The highest BCUT2D eigenvalue weighted by Gasteiger charge is 2.40. The summed E-state index contributed by atoms with van der Waals surface area (Å²) in [6.45, 7) is 7.31. The molecule has 0 unspecified atom stereocenters. The third-order valence-electron chi connectivity index (χ3n) is 5.88. The summed E-state index contributed by atoms with van der Waals surface area (Å²) in [5.74, 6) is 0. The SMILES string of the molecule is CC[Si](CC)(CC)OCCc1cccc([C@@](N)(c2ccccc2)S(C)(=O)=O)c1. The lowest BCUT2D eigenvalue weighted by molar-refractivity contribution is 0.303. The van der Waals surface area contributed by atoms with Crippen LogP contribution in [0.5, 0.6) is 0 Å². The van der Waals surface area contributed by atoms with Crippen LogP contribution in [0.2, 0.25) is 18.1 Å². The van der Waals surface area contributed by atoms with Crippen molar-refractivity contribution in [1.82, 2.24) is 0 Å². The predicted octanol–water partition coefficient (Wildman–Crippen LogP) is 4.46. The second-order valence-electron chi connectivity index (χ2n) is 7.42. The maximum absolute atomic E-state index is 12.7. The summed E-state index contributed by atoms with van der Waals surface area (Å²) >= 11 is 0. The van der Waals surface area contributed by atoms with Gasteiger partial charge >= 0.3 is 0 Å². The summed E-state index contributed by atoms with van der Waals surface area (Å²) in [5, 5.41) is 0. The molecule has 0 aliphatic rings. The molecule has 2 aromatic carbocycles. The van der Waals surface area contributed by atoms with Crippen molar-refractivity contribution >= 4 is 18.2 Å². The second-order valence-corrected chi connectivity index (χ2v) is 14.4. The fraction of sp³-hybridized carbons (Fsp3) is 0.455. The lowest BCUT2D eigenvalue weighted by atomic mass is 9.96. The number of hydrogen-bond acceptors (Lipinski definition) is 4. The van der Waals surface area contributed by atoms with Crippen molar-refractivity contribution in [1.29, 1.82) is 0 Å². The number of hydrogen-bond donors (Lipinski definition) is 1.